The summed E-state index contributed by atoms with van der Waals surface area (Å²) in [5.41, 5.74) is 5.62. The van der Waals surface area contributed by atoms with Crippen LogP contribution in [0, 0.1) is 5.92 Å². The summed E-state index contributed by atoms with van der Waals surface area (Å²) in [6.07, 6.45) is 7.27. The molecule has 3 heterocycles. The number of para-hydroxylation sites is 1. The molecule has 0 radical (unpaired) electrons. The van der Waals surface area contributed by atoms with Crippen molar-refractivity contribution in [2.75, 3.05) is 5.01 Å². The summed E-state index contributed by atoms with van der Waals surface area (Å²) in [7, 11) is 0. The molecule has 1 saturated carbocycles. The van der Waals surface area contributed by atoms with Crippen molar-refractivity contribution in [3.05, 3.63) is 124 Å². The molecule has 0 spiro atoms. The third-order valence-electron chi connectivity index (χ3n) is 7.38. The van der Waals surface area contributed by atoms with E-state index in [1.165, 1.54) is 28.0 Å². The molecule has 1 aliphatic carbocycles. The van der Waals surface area contributed by atoms with Gasteiger partial charge in [0.15, 0.2) is 0 Å². The second-order valence-corrected chi connectivity index (χ2v) is 10.8. The molecule has 7 rings (SSSR count). The lowest BCUT2D eigenvalue weighted by Crippen LogP contribution is -2.27. The predicted octanol–water partition coefficient (Wildman–Crippen LogP) is 7.72. The summed E-state index contributed by atoms with van der Waals surface area (Å²) >= 11 is 1.48. The molecule has 2 aromatic heterocycles. The van der Waals surface area contributed by atoms with E-state index in [2.05, 4.69) is 59.6 Å². The van der Waals surface area contributed by atoms with Gasteiger partial charge in [-0.25, -0.2) is 14.8 Å². The second kappa shape index (κ2) is 9.54. The maximum Gasteiger partial charge on any atom is 0.345 e. The molecule has 0 amide bonds. The normalized spacial score (nSPS) is 20.1. The van der Waals surface area contributed by atoms with Gasteiger partial charge in [0, 0.05) is 17.5 Å². The van der Waals surface area contributed by atoms with Crippen molar-refractivity contribution in [3.8, 4) is 10.4 Å². The van der Waals surface area contributed by atoms with Crippen LogP contribution < -0.4 is 10.6 Å². The first-order chi connectivity index (χ1) is 18.7. The fraction of sp³-hybridized carbons (Fsp3) is 0.156. The molecule has 0 N–H and O–H groups in total. The minimum atomic E-state index is -0.354. The van der Waals surface area contributed by atoms with Gasteiger partial charge in [0.05, 0.1) is 22.2 Å². The lowest BCUT2D eigenvalue weighted by molar-refractivity contribution is 0.487. The van der Waals surface area contributed by atoms with E-state index in [-0.39, 0.29) is 17.6 Å². The zero-order valence-electron chi connectivity index (χ0n) is 20.7. The third kappa shape index (κ3) is 4.07. The van der Waals surface area contributed by atoms with Crippen LogP contribution in [0.15, 0.2) is 117 Å². The Labute approximate surface area is 224 Å². The Morgan fingerprint density at radius 2 is 1.71 bits per heavy atom. The SMILES string of the molecule is O=c1oc2ccccc2cc1-c1cnc(N2N=C3/C(=C/c4ccccc4)CCC[C@@H]3[C@@H]2c2ccccc2)s1. The highest BCUT2D eigenvalue weighted by Gasteiger charge is 2.42. The smallest absolute Gasteiger partial charge is 0.345 e. The fourth-order valence-corrected chi connectivity index (χ4v) is 6.53. The summed E-state index contributed by atoms with van der Waals surface area (Å²) in [4.78, 5) is 18.4. The highest BCUT2D eigenvalue weighted by atomic mass is 32.1. The number of benzene rings is 3. The van der Waals surface area contributed by atoms with Crippen LogP contribution in [0.3, 0.4) is 0 Å². The number of fused-ring (bicyclic) bond motifs is 2. The number of hydrazone groups is 1. The average Bonchev–Trinajstić information content (AvgIpc) is 3.60. The van der Waals surface area contributed by atoms with Crippen LogP contribution in [0.1, 0.15) is 36.4 Å². The molecular weight excluding hydrogens is 490 g/mol. The maximum atomic E-state index is 12.8. The van der Waals surface area contributed by atoms with Gasteiger partial charge < -0.3 is 4.42 Å². The van der Waals surface area contributed by atoms with Gasteiger partial charge in [0.1, 0.15) is 5.58 Å². The molecule has 38 heavy (non-hydrogen) atoms. The van der Waals surface area contributed by atoms with Crippen LogP contribution in [0.4, 0.5) is 5.13 Å². The van der Waals surface area contributed by atoms with Gasteiger partial charge in [0.25, 0.3) is 0 Å². The second-order valence-electron chi connectivity index (χ2n) is 9.76. The Hall–Kier alpha value is -4.29. The van der Waals surface area contributed by atoms with Crippen LogP contribution in [0.2, 0.25) is 0 Å². The number of hydrogen-bond donors (Lipinski definition) is 0. The van der Waals surface area contributed by atoms with Crippen molar-refractivity contribution >= 4 is 39.2 Å². The Morgan fingerprint density at radius 3 is 2.55 bits per heavy atom. The number of anilines is 1. The number of nitrogens with zero attached hydrogens (tertiary/aromatic N) is 3. The first kappa shape index (κ1) is 22.9. The molecule has 186 valence electrons. The number of thiazole rings is 1. The first-order valence-electron chi connectivity index (χ1n) is 12.9. The summed E-state index contributed by atoms with van der Waals surface area (Å²) in [5.74, 6) is 0.277. The zero-order chi connectivity index (χ0) is 25.5. The predicted molar refractivity (Wildman–Crippen MR) is 154 cm³/mol. The zero-order valence-corrected chi connectivity index (χ0v) is 21.5. The van der Waals surface area contributed by atoms with Gasteiger partial charge in [0.2, 0.25) is 5.13 Å². The van der Waals surface area contributed by atoms with E-state index in [9.17, 15) is 4.79 Å². The fourth-order valence-electron chi connectivity index (χ4n) is 5.62. The highest BCUT2D eigenvalue weighted by Crippen LogP contribution is 2.47. The molecule has 2 atom stereocenters. The first-order valence-corrected chi connectivity index (χ1v) is 13.7. The monoisotopic (exact) mass is 515 g/mol. The lowest BCUT2D eigenvalue weighted by atomic mass is 9.77. The topological polar surface area (TPSA) is 58.7 Å². The van der Waals surface area contributed by atoms with E-state index >= 15 is 0 Å². The molecule has 3 aromatic carbocycles. The van der Waals surface area contributed by atoms with Crippen molar-refractivity contribution in [1.29, 1.82) is 0 Å². The van der Waals surface area contributed by atoms with E-state index < -0.39 is 0 Å². The van der Waals surface area contributed by atoms with Gasteiger partial charge in [-0.15, -0.1) is 0 Å². The molecule has 6 heteroatoms. The van der Waals surface area contributed by atoms with E-state index in [0.29, 0.717) is 11.1 Å². The Bertz CT molecular complexity index is 1740. The van der Waals surface area contributed by atoms with Gasteiger partial charge in [-0.3, -0.25) is 0 Å². The standard InChI is InChI=1S/C32H25N3O2S/c36-31-26(19-23-14-7-8-17-27(23)37-31)28-20-33-32(38-28)35-30(22-12-5-2-6-13-22)25-16-9-15-24(29(25)34-35)18-21-10-3-1-4-11-21/h1-8,10-14,17-20,25,30H,9,15-16H2/b24-18+/t25-,30-/m0/s1. The number of aromatic nitrogens is 1. The van der Waals surface area contributed by atoms with Gasteiger partial charge >= 0.3 is 5.63 Å². The number of allylic oxidation sites excluding steroid dienone is 1. The molecule has 5 aromatic rings. The van der Waals surface area contributed by atoms with E-state index in [1.807, 2.05) is 42.5 Å². The third-order valence-corrected chi connectivity index (χ3v) is 8.40. The molecule has 1 fully saturated rings. The van der Waals surface area contributed by atoms with Crippen molar-refractivity contribution in [2.45, 2.75) is 25.3 Å². The van der Waals surface area contributed by atoms with Gasteiger partial charge in [-0.05, 0) is 54.2 Å². The summed E-state index contributed by atoms with van der Waals surface area (Å²) in [6.45, 7) is 0. The van der Waals surface area contributed by atoms with Crippen LogP contribution in [-0.2, 0) is 0 Å². The van der Waals surface area contributed by atoms with E-state index in [0.717, 1.165) is 40.4 Å². The number of rotatable bonds is 4. The van der Waals surface area contributed by atoms with Crippen LogP contribution in [0.25, 0.3) is 27.5 Å². The molecular formula is C32H25N3O2S. The molecule has 1 aliphatic heterocycles. The van der Waals surface area contributed by atoms with Crippen molar-refractivity contribution < 1.29 is 4.42 Å². The molecule has 0 saturated heterocycles. The summed E-state index contributed by atoms with van der Waals surface area (Å²) in [5, 5.41) is 8.97. The van der Waals surface area contributed by atoms with Crippen LogP contribution in [-0.4, -0.2) is 10.7 Å². The minimum Gasteiger partial charge on any atom is -0.422 e. The Kier molecular flexibility index (Phi) is 5.74. The minimum absolute atomic E-state index is 0.0534. The molecule has 0 bridgehead atoms. The van der Waals surface area contributed by atoms with Gasteiger partial charge in [-0.2, -0.15) is 5.10 Å². The summed E-state index contributed by atoms with van der Waals surface area (Å²) in [6, 6.07) is 30.6. The molecule has 2 aliphatic rings. The Morgan fingerprint density at radius 1 is 0.947 bits per heavy atom. The molecule has 5 nitrogen and oxygen atoms in total. The quantitative estimate of drug-likeness (QED) is 0.230. The van der Waals surface area contributed by atoms with E-state index in [1.54, 1.807) is 6.20 Å². The van der Waals surface area contributed by atoms with Crippen molar-refractivity contribution in [2.24, 2.45) is 11.0 Å². The molecule has 0 unspecified atom stereocenters. The van der Waals surface area contributed by atoms with E-state index in [4.69, 9.17) is 14.5 Å². The number of hydrogen-bond acceptors (Lipinski definition) is 6. The van der Waals surface area contributed by atoms with Crippen molar-refractivity contribution in [3.63, 3.8) is 0 Å². The van der Waals surface area contributed by atoms with Gasteiger partial charge in [-0.1, -0.05) is 90.2 Å². The lowest BCUT2D eigenvalue weighted by Gasteiger charge is -2.29. The summed E-state index contributed by atoms with van der Waals surface area (Å²) < 4.78 is 5.59. The maximum absolute atomic E-state index is 12.8. The average molecular weight is 516 g/mol. The highest BCUT2D eigenvalue weighted by molar-refractivity contribution is 7.18. The van der Waals surface area contributed by atoms with Crippen molar-refractivity contribution in [1.82, 2.24) is 4.98 Å². The van der Waals surface area contributed by atoms with Crippen LogP contribution in [0.5, 0.6) is 0 Å². The largest absolute Gasteiger partial charge is 0.422 e. The Balaban J connectivity index is 1.32. The van der Waals surface area contributed by atoms with Crippen LogP contribution >= 0.6 is 11.3 Å².